The Balaban J connectivity index is 2.22. The molecule has 1 heterocycles. The van der Waals surface area contributed by atoms with Gasteiger partial charge in [0.25, 0.3) is 5.69 Å². The van der Waals surface area contributed by atoms with Crippen molar-refractivity contribution < 1.29 is 4.92 Å². The molecule has 0 aliphatic heterocycles. The van der Waals surface area contributed by atoms with Crippen molar-refractivity contribution in [2.45, 2.75) is 20.4 Å². The molecule has 0 aliphatic carbocycles. The van der Waals surface area contributed by atoms with E-state index in [1.165, 1.54) is 11.3 Å². The molecule has 0 radical (unpaired) electrons. The van der Waals surface area contributed by atoms with Crippen LogP contribution in [-0.4, -0.2) is 4.92 Å². The lowest BCUT2D eigenvalue weighted by Gasteiger charge is -2.08. The molecular weight excluding hydrogens is 274 g/mol. The molecule has 0 bridgehead atoms. The first-order chi connectivity index (χ1) is 9.51. The number of nitrogens with zero attached hydrogens (tertiary/aromatic N) is 2. The van der Waals surface area contributed by atoms with Crippen LogP contribution in [-0.2, 0) is 6.54 Å². The molecule has 5 nitrogen and oxygen atoms in total. The maximum atomic E-state index is 11.1. The van der Waals surface area contributed by atoms with Gasteiger partial charge in [0.1, 0.15) is 16.6 Å². The van der Waals surface area contributed by atoms with Crippen molar-refractivity contribution >= 4 is 22.7 Å². The Bertz CT molecular complexity index is 701. The molecule has 1 aromatic carbocycles. The van der Waals surface area contributed by atoms with E-state index < -0.39 is 0 Å². The second kappa shape index (κ2) is 5.72. The largest absolute Gasteiger partial charge is 0.375 e. The van der Waals surface area contributed by atoms with Crippen LogP contribution in [0, 0.1) is 35.3 Å². The minimum absolute atomic E-state index is 0.0742. The van der Waals surface area contributed by atoms with Crippen LogP contribution < -0.4 is 5.32 Å². The van der Waals surface area contributed by atoms with Crippen LogP contribution in [0.1, 0.15) is 20.9 Å². The fraction of sp³-hybridized carbons (Fsp3) is 0.214. The molecule has 1 aromatic heterocycles. The third-order valence-electron chi connectivity index (χ3n) is 3.03. The summed E-state index contributed by atoms with van der Waals surface area (Å²) in [6, 6.07) is 9.03. The van der Waals surface area contributed by atoms with Gasteiger partial charge in [-0.1, -0.05) is 0 Å². The summed E-state index contributed by atoms with van der Waals surface area (Å²) in [5.41, 5.74) is 2.47. The zero-order valence-electron chi connectivity index (χ0n) is 11.1. The molecule has 0 amide bonds. The van der Waals surface area contributed by atoms with E-state index in [4.69, 9.17) is 5.26 Å². The highest BCUT2D eigenvalue weighted by Gasteiger charge is 2.15. The number of hydrogen-bond acceptors (Lipinski definition) is 5. The van der Waals surface area contributed by atoms with Gasteiger partial charge in [0, 0.05) is 17.5 Å². The molecule has 0 saturated heterocycles. The maximum absolute atomic E-state index is 11.1. The Labute approximate surface area is 120 Å². The predicted molar refractivity (Wildman–Crippen MR) is 78.9 cm³/mol. The SMILES string of the molecule is Cc1cc(NCc2ccc(C#N)s2)c([N+](=O)[O-])cc1C. The fourth-order valence-electron chi connectivity index (χ4n) is 1.81. The Hall–Kier alpha value is -2.39. The van der Waals surface area contributed by atoms with Gasteiger partial charge in [-0.25, -0.2) is 0 Å². The van der Waals surface area contributed by atoms with Crippen molar-refractivity contribution in [3.63, 3.8) is 0 Å². The van der Waals surface area contributed by atoms with Gasteiger partial charge in [0.2, 0.25) is 0 Å². The highest BCUT2D eigenvalue weighted by Crippen LogP contribution is 2.29. The summed E-state index contributed by atoms with van der Waals surface area (Å²) in [7, 11) is 0. The number of aryl methyl sites for hydroxylation is 2. The maximum Gasteiger partial charge on any atom is 0.292 e. The summed E-state index contributed by atoms with van der Waals surface area (Å²) in [5.74, 6) is 0. The lowest BCUT2D eigenvalue weighted by Crippen LogP contribution is -2.02. The summed E-state index contributed by atoms with van der Waals surface area (Å²) in [5, 5.41) is 22.9. The average Bonchev–Trinajstić information content (AvgIpc) is 2.87. The molecule has 2 aromatic rings. The molecule has 0 fully saturated rings. The van der Waals surface area contributed by atoms with Gasteiger partial charge >= 0.3 is 0 Å². The fourth-order valence-corrected chi connectivity index (χ4v) is 2.55. The number of nitriles is 1. The van der Waals surface area contributed by atoms with Gasteiger partial charge in [-0.15, -0.1) is 11.3 Å². The molecule has 102 valence electrons. The van der Waals surface area contributed by atoms with Crippen LogP contribution in [0.3, 0.4) is 0 Å². The monoisotopic (exact) mass is 287 g/mol. The van der Waals surface area contributed by atoms with Crippen molar-refractivity contribution in [3.05, 3.63) is 55.3 Å². The topological polar surface area (TPSA) is 79.0 Å². The molecule has 0 spiro atoms. The molecule has 1 N–H and O–H groups in total. The zero-order chi connectivity index (χ0) is 14.7. The van der Waals surface area contributed by atoms with Crippen molar-refractivity contribution in [1.82, 2.24) is 0 Å². The molecule has 0 saturated carbocycles. The molecule has 0 unspecified atom stereocenters. The number of nitro groups is 1. The van der Waals surface area contributed by atoms with Gasteiger partial charge in [0.05, 0.1) is 4.92 Å². The summed E-state index contributed by atoms with van der Waals surface area (Å²) >= 11 is 1.38. The number of nitro benzene ring substituents is 1. The number of rotatable bonds is 4. The zero-order valence-corrected chi connectivity index (χ0v) is 12.0. The number of nitrogens with one attached hydrogen (secondary N) is 1. The Morgan fingerprint density at radius 1 is 1.35 bits per heavy atom. The second-order valence-corrected chi connectivity index (χ2v) is 5.61. The van der Waals surface area contributed by atoms with Crippen LogP contribution in [0.2, 0.25) is 0 Å². The van der Waals surface area contributed by atoms with Crippen molar-refractivity contribution in [1.29, 1.82) is 5.26 Å². The van der Waals surface area contributed by atoms with E-state index in [0.29, 0.717) is 17.1 Å². The van der Waals surface area contributed by atoms with Crippen molar-refractivity contribution in [3.8, 4) is 6.07 Å². The Morgan fingerprint density at radius 2 is 2.05 bits per heavy atom. The molecule has 2 rings (SSSR count). The van der Waals surface area contributed by atoms with E-state index in [0.717, 1.165) is 16.0 Å². The number of thiophene rings is 1. The third-order valence-corrected chi connectivity index (χ3v) is 4.02. The first-order valence-electron chi connectivity index (χ1n) is 5.99. The smallest absolute Gasteiger partial charge is 0.292 e. The summed E-state index contributed by atoms with van der Waals surface area (Å²) < 4.78 is 0. The second-order valence-electron chi connectivity index (χ2n) is 4.44. The molecule has 0 atom stereocenters. The molecule has 20 heavy (non-hydrogen) atoms. The predicted octanol–water partition coefficient (Wildman–Crippen LogP) is 3.76. The highest BCUT2D eigenvalue weighted by atomic mass is 32.1. The first kappa shape index (κ1) is 14.0. The van der Waals surface area contributed by atoms with Crippen LogP contribution in [0.25, 0.3) is 0 Å². The van der Waals surface area contributed by atoms with Gasteiger partial charge in [0.15, 0.2) is 0 Å². The van der Waals surface area contributed by atoms with Gasteiger partial charge < -0.3 is 5.32 Å². The summed E-state index contributed by atoms with van der Waals surface area (Å²) in [4.78, 5) is 12.3. The minimum Gasteiger partial charge on any atom is -0.375 e. The van der Waals surface area contributed by atoms with E-state index in [1.54, 1.807) is 18.2 Å². The molecule has 6 heteroatoms. The van der Waals surface area contributed by atoms with Crippen molar-refractivity contribution in [2.24, 2.45) is 0 Å². The summed E-state index contributed by atoms with van der Waals surface area (Å²) in [6.45, 7) is 4.24. The van der Waals surface area contributed by atoms with Crippen LogP contribution in [0.15, 0.2) is 24.3 Å². The lowest BCUT2D eigenvalue weighted by atomic mass is 10.1. The van der Waals surface area contributed by atoms with Gasteiger partial charge in [-0.05, 0) is 43.2 Å². The van der Waals surface area contributed by atoms with E-state index in [2.05, 4.69) is 11.4 Å². The summed E-state index contributed by atoms with van der Waals surface area (Å²) in [6.07, 6.45) is 0. The van der Waals surface area contributed by atoms with E-state index in [9.17, 15) is 10.1 Å². The van der Waals surface area contributed by atoms with Crippen LogP contribution in [0.5, 0.6) is 0 Å². The highest BCUT2D eigenvalue weighted by molar-refractivity contribution is 7.12. The third kappa shape index (κ3) is 2.95. The standard InChI is InChI=1S/C14H13N3O2S/c1-9-5-13(14(17(18)19)6-10(9)2)16-8-12-4-3-11(7-15)20-12/h3-6,16H,8H2,1-2H3. The minimum atomic E-state index is -0.385. The van der Waals surface area contributed by atoms with E-state index in [1.807, 2.05) is 19.9 Å². The molecule has 0 aliphatic rings. The number of hydrogen-bond donors (Lipinski definition) is 1. The first-order valence-corrected chi connectivity index (χ1v) is 6.81. The quantitative estimate of drug-likeness (QED) is 0.686. The average molecular weight is 287 g/mol. The van der Waals surface area contributed by atoms with Crippen LogP contribution >= 0.6 is 11.3 Å². The van der Waals surface area contributed by atoms with Crippen LogP contribution in [0.4, 0.5) is 11.4 Å². The molecular formula is C14H13N3O2S. The Kier molecular flexibility index (Phi) is 4.01. The van der Waals surface area contributed by atoms with Gasteiger partial charge in [-0.2, -0.15) is 5.26 Å². The van der Waals surface area contributed by atoms with E-state index >= 15 is 0 Å². The Morgan fingerprint density at radius 3 is 2.65 bits per heavy atom. The van der Waals surface area contributed by atoms with E-state index in [-0.39, 0.29) is 10.6 Å². The van der Waals surface area contributed by atoms with Crippen molar-refractivity contribution in [2.75, 3.05) is 5.32 Å². The number of anilines is 1. The normalized spacial score (nSPS) is 10.1. The lowest BCUT2D eigenvalue weighted by molar-refractivity contribution is -0.384. The van der Waals surface area contributed by atoms with Gasteiger partial charge in [-0.3, -0.25) is 10.1 Å². The number of benzene rings is 1.